The van der Waals surface area contributed by atoms with Gasteiger partial charge in [-0.1, -0.05) is 35.7 Å². The Morgan fingerprint density at radius 1 is 1.30 bits per heavy atom. The van der Waals surface area contributed by atoms with Crippen LogP contribution in [0.1, 0.15) is 12.8 Å². The lowest BCUT2D eigenvalue weighted by atomic mass is 10.4. The van der Waals surface area contributed by atoms with E-state index in [0.29, 0.717) is 5.25 Å². The highest BCUT2D eigenvalue weighted by molar-refractivity contribution is 8.23. The summed E-state index contributed by atoms with van der Waals surface area (Å²) < 4.78 is 6.48. The van der Waals surface area contributed by atoms with Crippen molar-refractivity contribution in [3.63, 3.8) is 0 Å². The fraction of sp³-hybridized carbons (Fsp3) is 0.846. The van der Waals surface area contributed by atoms with Gasteiger partial charge in [0.25, 0.3) is 0 Å². The van der Waals surface area contributed by atoms with Crippen molar-refractivity contribution in [1.29, 1.82) is 0 Å². The summed E-state index contributed by atoms with van der Waals surface area (Å²) in [5, 5.41) is 1.80. The Balaban J connectivity index is 1.39. The second-order valence-electron chi connectivity index (χ2n) is 5.23. The lowest BCUT2D eigenvalue weighted by Gasteiger charge is -2.28. The first-order chi connectivity index (χ1) is 9.83. The van der Waals surface area contributed by atoms with Gasteiger partial charge in [0.1, 0.15) is 4.32 Å². The highest BCUT2D eigenvalue weighted by Crippen LogP contribution is 2.28. The molecule has 0 N–H and O–H groups in total. The number of hydrogen-bond donors (Lipinski definition) is 0. The van der Waals surface area contributed by atoms with Crippen molar-refractivity contribution >= 4 is 45.2 Å². The molecule has 0 aliphatic carbocycles. The molecule has 0 spiro atoms. The van der Waals surface area contributed by atoms with Gasteiger partial charge in [0, 0.05) is 37.2 Å². The van der Waals surface area contributed by atoms with Gasteiger partial charge in [-0.15, -0.1) is 0 Å². The number of amidine groups is 1. The molecule has 0 saturated carbocycles. The van der Waals surface area contributed by atoms with Crippen molar-refractivity contribution in [3.05, 3.63) is 0 Å². The van der Waals surface area contributed by atoms with Gasteiger partial charge in [0.05, 0.1) is 19.8 Å². The van der Waals surface area contributed by atoms with Crippen molar-refractivity contribution < 1.29 is 4.74 Å². The molecule has 3 heterocycles. The number of hydrogen-bond acceptors (Lipinski definition) is 6. The summed E-state index contributed by atoms with van der Waals surface area (Å²) in [6.07, 6.45) is 2.59. The summed E-state index contributed by atoms with van der Waals surface area (Å²) >= 11 is 9.28. The highest BCUT2D eigenvalue weighted by atomic mass is 32.2. The summed E-state index contributed by atoms with van der Waals surface area (Å²) in [4.78, 5) is 9.41. The van der Waals surface area contributed by atoms with E-state index in [2.05, 4.69) is 9.80 Å². The van der Waals surface area contributed by atoms with Crippen molar-refractivity contribution in [2.75, 3.05) is 51.7 Å². The predicted molar refractivity (Wildman–Crippen MR) is 91.9 cm³/mol. The van der Waals surface area contributed by atoms with Crippen LogP contribution in [0.4, 0.5) is 0 Å². The molecule has 0 unspecified atom stereocenters. The first kappa shape index (κ1) is 14.9. The molecule has 2 saturated heterocycles. The predicted octanol–water partition coefficient (Wildman–Crippen LogP) is 1.90. The van der Waals surface area contributed by atoms with E-state index < -0.39 is 0 Å². The zero-order valence-corrected chi connectivity index (χ0v) is 14.1. The molecule has 7 heteroatoms. The van der Waals surface area contributed by atoms with E-state index in [4.69, 9.17) is 21.9 Å². The van der Waals surface area contributed by atoms with Gasteiger partial charge in [0.2, 0.25) is 0 Å². The van der Waals surface area contributed by atoms with Crippen LogP contribution in [-0.4, -0.2) is 76.2 Å². The molecule has 0 radical (unpaired) electrons. The number of likely N-dealkylation sites (tertiary alicyclic amines) is 1. The number of nitrogens with zero attached hydrogens (tertiary/aromatic N) is 3. The number of thioether (sulfide) groups is 2. The molecule has 3 rings (SSSR count). The van der Waals surface area contributed by atoms with E-state index in [1.807, 2.05) is 23.5 Å². The van der Waals surface area contributed by atoms with Crippen LogP contribution in [-0.2, 0) is 4.74 Å². The maximum absolute atomic E-state index is 5.52. The lowest BCUT2D eigenvalue weighted by molar-refractivity contribution is 0.0693. The van der Waals surface area contributed by atoms with Crippen molar-refractivity contribution in [3.8, 4) is 0 Å². The fourth-order valence-electron chi connectivity index (χ4n) is 2.57. The van der Waals surface area contributed by atoms with Gasteiger partial charge in [0.15, 0.2) is 5.17 Å². The third-order valence-electron chi connectivity index (χ3n) is 3.74. The maximum atomic E-state index is 5.52. The van der Waals surface area contributed by atoms with Crippen LogP contribution in [0.15, 0.2) is 4.99 Å². The molecule has 0 aromatic heterocycles. The van der Waals surface area contributed by atoms with Crippen molar-refractivity contribution in [2.24, 2.45) is 4.99 Å². The van der Waals surface area contributed by atoms with Crippen molar-refractivity contribution in [1.82, 2.24) is 9.80 Å². The Morgan fingerprint density at radius 3 is 2.80 bits per heavy atom. The minimum Gasteiger partial charge on any atom is -0.378 e. The lowest BCUT2D eigenvalue weighted by Crippen LogP contribution is -2.39. The van der Waals surface area contributed by atoms with E-state index in [1.165, 1.54) is 18.0 Å². The largest absolute Gasteiger partial charge is 0.378 e. The number of thiocarbonyl (C=S) groups is 1. The van der Waals surface area contributed by atoms with Gasteiger partial charge >= 0.3 is 0 Å². The summed E-state index contributed by atoms with van der Waals surface area (Å²) in [6.45, 7) is 6.87. The first-order valence-corrected chi connectivity index (χ1v) is 9.56. The van der Waals surface area contributed by atoms with Crippen LogP contribution < -0.4 is 0 Å². The van der Waals surface area contributed by atoms with E-state index >= 15 is 0 Å². The van der Waals surface area contributed by atoms with Gasteiger partial charge in [-0.25, -0.2) is 0 Å². The summed E-state index contributed by atoms with van der Waals surface area (Å²) in [7, 11) is 0. The number of rotatable bonds is 2. The van der Waals surface area contributed by atoms with Crippen LogP contribution in [0.3, 0.4) is 0 Å². The zero-order valence-electron chi connectivity index (χ0n) is 11.6. The molecular formula is C13H21N3OS3. The molecular weight excluding hydrogens is 310 g/mol. The highest BCUT2D eigenvalue weighted by Gasteiger charge is 2.26. The standard InChI is InChI=1S/C13H21N3OS3/c18-13(16-3-1-2-4-16)19-10-11-9-14-12(20-11)15-5-7-17-8-6-15/h11H,1-10H2/t11-/m1/s1. The van der Waals surface area contributed by atoms with Crippen molar-refractivity contribution in [2.45, 2.75) is 18.1 Å². The second-order valence-corrected chi connectivity index (χ2v) is 8.15. The van der Waals surface area contributed by atoms with E-state index in [1.54, 1.807) is 0 Å². The number of ether oxygens (including phenoxy) is 1. The van der Waals surface area contributed by atoms with Crippen LogP contribution in [0.5, 0.6) is 0 Å². The van der Waals surface area contributed by atoms with Crippen LogP contribution in [0.25, 0.3) is 0 Å². The Labute approximate surface area is 134 Å². The van der Waals surface area contributed by atoms with E-state index in [9.17, 15) is 0 Å². The first-order valence-electron chi connectivity index (χ1n) is 7.28. The number of aliphatic imine (C=N–C) groups is 1. The molecule has 20 heavy (non-hydrogen) atoms. The Bertz CT molecular complexity index is 379. The third kappa shape index (κ3) is 3.81. The average molecular weight is 332 g/mol. The van der Waals surface area contributed by atoms with Gasteiger partial charge in [-0.05, 0) is 12.8 Å². The molecule has 0 amide bonds. The summed E-state index contributed by atoms with van der Waals surface area (Å²) in [6, 6.07) is 0. The molecule has 112 valence electrons. The smallest absolute Gasteiger partial charge is 0.159 e. The van der Waals surface area contributed by atoms with E-state index in [-0.39, 0.29) is 0 Å². The Morgan fingerprint density at radius 2 is 2.05 bits per heavy atom. The Kier molecular flexibility index (Phi) is 5.48. The Hall–Kier alpha value is 0.0200. The van der Waals surface area contributed by atoms with Gasteiger partial charge in [-0.3, -0.25) is 4.99 Å². The maximum Gasteiger partial charge on any atom is 0.159 e. The molecule has 3 aliphatic rings. The van der Waals surface area contributed by atoms with Crippen LogP contribution in [0.2, 0.25) is 0 Å². The third-order valence-corrected chi connectivity index (χ3v) is 6.88. The van der Waals surface area contributed by atoms with Gasteiger partial charge in [-0.2, -0.15) is 0 Å². The second kappa shape index (κ2) is 7.33. The number of morpholine rings is 1. The van der Waals surface area contributed by atoms with E-state index in [0.717, 1.165) is 56.0 Å². The fourth-order valence-corrected chi connectivity index (χ4v) is 5.16. The summed E-state index contributed by atoms with van der Waals surface area (Å²) in [5.74, 6) is 1.08. The molecule has 0 aromatic carbocycles. The average Bonchev–Trinajstić information content (AvgIpc) is 3.17. The molecule has 0 bridgehead atoms. The zero-order chi connectivity index (χ0) is 13.8. The minimum absolute atomic E-state index is 0.582. The summed E-state index contributed by atoms with van der Waals surface area (Å²) in [5.41, 5.74) is 0. The topological polar surface area (TPSA) is 28.1 Å². The monoisotopic (exact) mass is 331 g/mol. The SMILES string of the molecule is S=C(SC[C@H]1CN=C(N2CCOCC2)S1)N1CCCC1. The van der Waals surface area contributed by atoms with Gasteiger partial charge < -0.3 is 14.5 Å². The molecule has 3 aliphatic heterocycles. The van der Waals surface area contributed by atoms with Crippen LogP contribution in [0, 0.1) is 0 Å². The van der Waals surface area contributed by atoms with Crippen LogP contribution >= 0.6 is 35.7 Å². The normalized spacial score (nSPS) is 27.0. The molecule has 0 aromatic rings. The molecule has 1 atom stereocenters. The molecule has 2 fully saturated rings. The molecule has 4 nitrogen and oxygen atoms in total. The minimum atomic E-state index is 0.582. The quantitative estimate of drug-likeness (QED) is 0.718.